The largest absolute Gasteiger partial charge is 0.255 e. The Hall–Kier alpha value is -1.37. The van der Waals surface area contributed by atoms with E-state index in [1.54, 1.807) is 14.0 Å². The molecule has 0 amide bonds. The average Bonchev–Trinajstić information content (AvgIpc) is 2.73. The lowest BCUT2D eigenvalue weighted by Crippen LogP contribution is -2.26. The molecule has 0 aliphatic heterocycles. The maximum atomic E-state index is 12.3. The van der Waals surface area contributed by atoms with Crippen LogP contribution in [0.3, 0.4) is 0 Å². The van der Waals surface area contributed by atoms with E-state index in [9.17, 15) is 8.42 Å². The second-order valence-electron chi connectivity index (χ2n) is 5.15. The summed E-state index contributed by atoms with van der Waals surface area (Å²) >= 11 is 6.01. The number of hydrogen-bond acceptors (Lipinski definition) is 3. The third kappa shape index (κ3) is 3.69. The van der Waals surface area contributed by atoms with Gasteiger partial charge in [-0.25, -0.2) is 13.1 Å². The molecule has 1 aromatic carbocycles. The Balaban J connectivity index is 2.03. The molecular formula is C15H20ClN3O2S. The lowest BCUT2D eigenvalue weighted by Gasteiger charge is -2.07. The molecule has 0 bridgehead atoms. The fourth-order valence-corrected chi connectivity index (χ4v) is 4.04. The molecular weight excluding hydrogens is 322 g/mol. The summed E-state index contributed by atoms with van der Waals surface area (Å²) in [6.07, 6.45) is 1.62. The van der Waals surface area contributed by atoms with Gasteiger partial charge in [0.2, 0.25) is 10.0 Å². The zero-order chi connectivity index (χ0) is 16.3. The van der Waals surface area contributed by atoms with E-state index in [4.69, 9.17) is 11.6 Å². The summed E-state index contributed by atoms with van der Waals surface area (Å²) in [6.45, 7) is 4.05. The molecule has 22 heavy (non-hydrogen) atoms. The monoisotopic (exact) mass is 341 g/mol. The van der Waals surface area contributed by atoms with Crippen molar-refractivity contribution in [2.75, 3.05) is 6.54 Å². The molecule has 7 heteroatoms. The molecule has 2 aromatic rings. The number of nitrogens with one attached hydrogen (secondary N) is 1. The smallest absolute Gasteiger partial charge is 0.245 e. The predicted molar refractivity (Wildman–Crippen MR) is 87.7 cm³/mol. The van der Waals surface area contributed by atoms with Gasteiger partial charge in [-0.3, -0.25) is 4.68 Å². The Morgan fingerprint density at radius 1 is 1.23 bits per heavy atom. The standard InChI is InChI=1S/C15H20ClN3O2S/c1-4-12-5-7-13(8-6-12)9-10-17-22(20,21)14-11(2)18-19(3)15(14)16/h5-8,17H,4,9-10H2,1-3H3. The first kappa shape index (κ1) is 17.0. The van der Waals surface area contributed by atoms with Crippen LogP contribution >= 0.6 is 11.6 Å². The molecule has 1 N–H and O–H groups in total. The van der Waals surface area contributed by atoms with Crippen LogP contribution in [0.2, 0.25) is 5.15 Å². The van der Waals surface area contributed by atoms with Gasteiger partial charge in [-0.1, -0.05) is 42.8 Å². The Bertz CT molecular complexity index is 752. The number of aryl methyl sites for hydroxylation is 3. The van der Waals surface area contributed by atoms with Gasteiger partial charge >= 0.3 is 0 Å². The van der Waals surface area contributed by atoms with Gasteiger partial charge in [-0.15, -0.1) is 0 Å². The number of rotatable bonds is 6. The maximum Gasteiger partial charge on any atom is 0.245 e. The minimum atomic E-state index is -3.65. The molecule has 0 aliphatic carbocycles. The number of sulfonamides is 1. The fourth-order valence-electron chi connectivity index (χ4n) is 2.26. The van der Waals surface area contributed by atoms with E-state index in [0.717, 1.165) is 12.0 Å². The highest BCUT2D eigenvalue weighted by Gasteiger charge is 2.24. The van der Waals surface area contributed by atoms with Crippen LogP contribution in [-0.4, -0.2) is 24.7 Å². The van der Waals surface area contributed by atoms with Crippen molar-refractivity contribution in [3.05, 3.63) is 46.2 Å². The van der Waals surface area contributed by atoms with E-state index in [-0.39, 0.29) is 10.0 Å². The van der Waals surface area contributed by atoms with Gasteiger partial charge in [-0.05, 0) is 30.9 Å². The first-order chi connectivity index (χ1) is 10.3. The highest BCUT2D eigenvalue weighted by molar-refractivity contribution is 7.89. The van der Waals surface area contributed by atoms with Crippen LogP contribution in [-0.2, 0) is 29.9 Å². The van der Waals surface area contributed by atoms with E-state index < -0.39 is 10.0 Å². The topological polar surface area (TPSA) is 64.0 Å². The Morgan fingerprint density at radius 3 is 2.32 bits per heavy atom. The Labute approximate surface area is 136 Å². The van der Waals surface area contributed by atoms with Crippen molar-refractivity contribution in [3.8, 4) is 0 Å². The first-order valence-electron chi connectivity index (χ1n) is 7.11. The number of aromatic nitrogens is 2. The minimum absolute atomic E-state index is 0.0537. The van der Waals surface area contributed by atoms with Crippen LogP contribution in [0.25, 0.3) is 0 Å². The van der Waals surface area contributed by atoms with Gasteiger partial charge in [0.05, 0.1) is 5.69 Å². The number of halogens is 1. The summed E-state index contributed by atoms with van der Waals surface area (Å²) < 4.78 is 28.6. The van der Waals surface area contributed by atoms with Gasteiger partial charge < -0.3 is 0 Å². The molecule has 0 spiro atoms. The average molecular weight is 342 g/mol. The SMILES string of the molecule is CCc1ccc(CCNS(=O)(=O)c2c(C)nn(C)c2Cl)cc1. The van der Waals surface area contributed by atoms with Gasteiger partial charge in [0.25, 0.3) is 0 Å². The van der Waals surface area contributed by atoms with Crippen molar-refractivity contribution in [3.63, 3.8) is 0 Å². The van der Waals surface area contributed by atoms with Gasteiger partial charge in [0.1, 0.15) is 10.0 Å². The lowest BCUT2D eigenvalue weighted by atomic mass is 10.1. The van der Waals surface area contributed by atoms with Crippen LogP contribution in [0, 0.1) is 6.92 Å². The van der Waals surface area contributed by atoms with E-state index in [1.165, 1.54) is 10.2 Å². The maximum absolute atomic E-state index is 12.3. The molecule has 1 aromatic heterocycles. The van der Waals surface area contributed by atoms with Crippen LogP contribution in [0.15, 0.2) is 29.2 Å². The van der Waals surface area contributed by atoms with E-state index >= 15 is 0 Å². The summed E-state index contributed by atoms with van der Waals surface area (Å²) in [7, 11) is -2.03. The van der Waals surface area contributed by atoms with Crippen LogP contribution in [0.5, 0.6) is 0 Å². The van der Waals surface area contributed by atoms with Crippen molar-refractivity contribution >= 4 is 21.6 Å². The second kappa shape index (κ2) is 6.81. The van der Waals surface area contributed by atoms with Crippen molar-refractivity contribution in [2.45, 2.75) is 31.6 Å². The van der Waals surface area contributed by atoms with E-state index in [0.29, 0.717) is 18.7 Å². The third-order valence-corrected chi connectivity index (χ3v) is 5.66. The lowest BCUT2D eigenvalue weighted by molar-refractivity contribution is 0.581. The minimum Gasteiger partial charge on any atom is -0.255 e. The highest BCUT2D eigenvalue weighted by Crippen LogP contribution is 2.23. The van der Waals surface area contributed by atoms with Gasteiger partial charge in [0, 0.05) is 13.6 Å². The third-order valence-electron chi connectivity index (χ3n) is 3.51. The van der Waals surface area contributed by atoms with Crippen molar-refractivity contribution in [2.24, 2.45) is 7.05 Å². The molecule has 5 nitrogen and oxygen atoms in total. The molecule has 0 aliphatic rings. The number of hydrogen-bond donors (Lipinski definition) is 1. The fraction of sp³-hybridized carbons (Fsp3) is 0.400. The molecule has 1 heterocycles. The van der Waals surface area contributed by atoms with Crippen LogP contribution < -0.4 is 4.72 Å². The highest BCUT2D eigenvalue weighted by atomic mass is 35.5. The molecule has 0 saturated carbocycles. The molecule has 0 unspecified atom stereocenters. The van der Waals surface area contributed by atoms with Gasteiger partial charge in [-0.2, -0.15) is 5.10 Å². The molecule has 2 rings (SSSR count). The van der Waals surface area contributed by atoms with Crippen molar-refractivity contribution in [1.82, 2.24) is 14.5 Å². The predicted octanol–water partition coefficient (Wildman–Crippen LogP) is 2.47. The summed E-state index contributed by atoms with van der Waals surface area (Å²) in [5.41, 5.74) is 2.75. The summed E-state index contributed by atoms with van der Waals surface area (Å²) in [5.74, 6) is 0. The first-order valence-corrected chi connectivity index (χ1v) is 8.98. The summed E-state index contributed by atoms with van der Waals surface area (Å²) in [4.78, 5) is 0.0537. The molecule has 0 radical (unpaired) electrons. The Kier molecular flexibility index (Phi) is 5.26. The van der Waals surface area contributed by atoms with Crippen molar-refractivity contribution in [1.29, 1.82) is 0 Å². The second-order valence-corrected chi connectivity index (χ2v) is 7.21. The quantitative estimate of drug-likeness (QED) is 0.877. The number of benzene rings is 1. The molecule has 0 atom stereocenters. The summed E-state index contributed by atoms with van der Waals surface area (Å²) in [5, 5.41) is 4.15. The van der Waals surface area contributed by atoms with Crippen LogP contribution in [0.1, 0.15) is 23.7 Å². The zero-order valence-corrected chi connectivity index (χ0v) is 14.5. The molecule has 0 fully saturated rings. The van der Waals surface area contributed by atoms with Crippen LogP contribution in [0.4, 0.5) is 0 Å². The normalized spacial score (nSPS) is 11.8. The Morgan fingerprint density at radius 2 is 1.82 bits per heavy atom. The van der Waals surface area contributed by atoms with Gasteiger partial charge in [0.15, 0.2) is 0 Å². The number of nitrogens with zero attached hydrogens (tertiary/aromatic N) is 2. The molecule has 0 saturated heterocycles. The van der Waals surface area contributed by atoms with Crippen molar-refractivity contribution < 1.29 is 8.42 Å². The zero-order valence-electron chi connectivity index (χ0n) is 12.9. The molecule has 120 valence electrons. The summed E-state index contributed by atoms with van der Waals surface area (Å²) in [6, 6.07) is 8.17. The van der Waals surface area contributed by atoms with E-state index in [2.05, 4.69) is 28.9 Å². The van der Waals surface area contributed by atoms with E-state index in [1.807, 2.05) is 12.1 Å².